The van der Waals surface area contributed by atoms with Crippen molar-refractivity contribution in [3.63, 3.8) is 0 Å². The van der Waals surface area contributed by atoms with Crippen molar-refractivity contribution in [1.29, 1.82) is 0 Å². The summed E-state index contributed by atoms with van der Waals surface area (Å²) in [4.78, 5) is 25.4. The molecule has 0 N–H and O–H groups in total. The maximum Gasteiger partial charge on any atom is 0.338 e. The van der Waals surface area contributed by atoms with Crippen LogP contribution < -0.4 is 4.74 Å². The molecule has 8 heteroatoms. The van der Waals surface area contributed by atoms with Crippen molar-refractivity contribution in [2.45, 2.75) is 31.1 Å². The molecule has 0 aliphatic carbocycles. The SMILES string of the molecule is COc1ccc2cc(C(=O)COC(=O)c3ccc(C)c(S(=O)(=O)N4CCCCC4)c3)ccc2c1. The monoisotopic (exact) mass is 481 g/mol. The van der Waals surface area contributed by atoms with Gasteiger partial charge in [0.05, 0.1) is 17.6 Å². The Balaban J connectivity index is 1.47. The molecule has 1 heterocycles. The van der Waals surface area contributed by atoms with Gasteiger partial charge in [-0.3, -0.25) is 4.79 Å². The van der Waals surface area contributed by atoms with Gasteiger partial charge in [-0.05, 0) is 66.4 Å². The third kappa shape index (κ3) is 4.98. The number of hydrogen-bond acceptors (Lipinski definition) is 6. The number of ether oxygens (including phenoxy) is 2. The number of fused-ring (bicyclic) bond motifs is 1. The maximum absolute atomic E-state index is 13.1. The predicted octanol–water partition coefficient (Wildman–Crippen LogP) is 4.37. The number of carbonyl (C=O) groups is 2. The zero-order chi connectivity index (χ0) is 24.3. The molecule has 3 aromatic rings. The number of ketones is 1. The summed E-state index contributed by atoms with van der Waals surface area (Å²) in [5.41, 5.74) is 1.08. The van der Waals surface area contributed by atoms with Crippen LogP contribution in [0.3, 0.4) is 0 Å². The zero-order valence-electron chi connectivity index (χ0n) is 19.2. The number of benzene rings is 3. The largest absolute Gasteiger partial charge is 0.497 e. The summed E-state index contributed by atoms with van der Waals surface area (Å²) in [5.74, 6) is -0.367. The van der Waals surface area contributed by atoms with Gasteiger partial charge in [0.15, 0.2) is 12.4 Å². The Morgan fingerprint density at radius 3 is 2.29 bits per heavy atom. The standard InChI is InChI=1S/C26H27NO6S/c1-18-6-7-22(16-25(18)34(30,31)27-12-4-3-5-13-27)26(29)33-17-24(28)21-9-8-20-15-23(32-2)11-10-19(20)14-21/h6-11,14-16H,3-5,12-13,17H2,1-2H3. The van der Waals surface area contributed by atoms with Crippen LogP contribution in [0.15, 0.2) is 59.5 Å². The van der Waals surface area contributed by atoms with Gasteiger partial charge in [-0.25, -0.2) is 13.2 Å². The first-order valence-corrected chi connectivity index (χ1v) is 12.6. The molecule has 34 heavy (non-hydrogen) atoms. The highest BCUT2D eigenvalue weighted by Gasteiger charge is 2.28. The fraction of sp³-hybridized carbons (Fsp3) is 0.308. The number of carbonyl (C=O) groups excluding carboxylic acids is 2. The molecule has 0 aromatic heterocycles. The molecule has 0 atom stereocenters. The van der Waals surface area contributed by atoms with Crippen molar-refractivity contribution in [3.05, 3.63) is 71.3 Å². The van der Waals surface area contributed by atoms with Gasteiger partial charge in [0.1, 0.15) is 5.75 Å². The third-order valence-electron chi connectivity index (χ3n) is 6.06. The first-order chi connectivity index (χ1) is 16.3. The Morgan fingerprint density at radius 2 is 1.56 bits per heavy atom. The van der Waals surface area contributed by atoms with E-state index in [1.165, 1.54) is 16.4 Å². The van der Waals surface area contributed by atoms with Crippen molar-refractivity contribution in [2.24, 2.45) is 0 Å². The lowest BCUT2D eigenvalue weighted by Gasteiger charge is -2.26. The fourth-order valence-electron chi connectivity index (χ4n) is 4.07. The molecule has 0 unspecified atom stereocenters. The quantitative estimate of drug-likeness (QED) is 0.368. The van der Waals surface area contributed by atoms with E-state index in [0.29, 0.717) is 24.2 Å². The van der Waals surface area contributed by atoms with E-state index in [9.17, 15) is 18.0 Å². The lowest BCUT2D eigenvalue weighted by molar-refractivity contribution is 0.0474. The predicted molar refractivity (Wildman–Crippen MR) is 129 cm³/mol. The van der Waals surface area contributed by atoms with Crippen LogP contribution in [0.1, 0.15) is 45.5 Å². The van der Waals surface area contributed by atoms with Gasteiger partial charge in [0.2, 0.25) is 10.0 Å². The summed E-state index contributed by atoms with van der Waals surface area (Å²) < 4.78 is 38.1. The number of hydrogen-bond donors (Lipinski definition) is 0. The third-order valence-corrected chi connectivity index (χ3v) is 8.10. The molecule has 7 nitrogen and oxygen atoms in total. The summed E-state index contributed by atoms with van der Waals surface area (Å²) in [6.07, 6.45) is 2.66. The van der Waals surface area contributed by atoms with Gasteiger partial charge >= 0.3 is 5.97 Å². The first kappa shape index (κ1) is 23.9. The van der Waals surface area contributed by atoms with E-state index < -0.39 is 22.6 Å². The molecule has 1 fully saturated rings. The number of methoxy groups -OCH3 is 1. The minimum atomic E-state index is -3.70. The minimum Gasteiger partial charge on any atom is -0.497 e. The van der Waals surface area contributed by atoms with Crippen molar-refractivity contribution in [2.75, 3.05) is 26.8 Å². The van der Waals surface area contributed by atoms with Crippen molar-refractivity contribution in [1.82, 2.24) is 4.31 Å². The summed E-state index contributed by atoms with van der Waals surface area (Å²) in [7, 11) is -2.11. The fourth-order valence-corrected chi connectivity index (χ4v) is 5.84. The van der Waals surface area contributed by atoms with Crippen LogP contribution in [0.4, 0.5) is 0 Å². The number of Topliss-reactive ketones (excluding diaryl/α,β-unsaturated/α-hetero) is 1. The summed E-state index contributed by atoms with van der Waals surface area (Å²) >= 11 is 0. The van der Waals surface area contributed by atoms with Gasteiger partial charge in [0, 0.05) is 18.7 Å². The molecule has 0 spiro atoms. The van der Waals surface area contributed by atoms with Crippen molar-refractivity contribution in [3.8, 4) is 5.75 Å². The average Bonchev–Trinajstić information content (AvgIpc) is 2.87. The van der Waals surface area contributed by atoms with E-state index in [-0.39, 0.29) is 16.2 Å². The number of sulfonamides is 1. The Bertz CT molecular complexity index is 1340. The van der Waals surface area contributed by atoms with Crippen molar-refractivity contribution < 1.29 is 27.5 Å². The molecule has 0 bridgehead atoms. The Labute approximate surface area is 199 Å². The minimum absolute atomic E-state index is 0.0968. The second kappa shape index (κ2) is 9.95. The molecule has 178 valence electrons. The smallest absolute Gasteiger partial charge is 0.338 e. The second-order valence-corrected chi connectivity index (χ2v) is 10.3. The van der Waals surface area contributed by atoms with Crippen LogP contribution in [0.5, 0.6) is 5.75 Å². The summed E-state index contributed by atoms with van der Waals surface area (Å²) in [6, 6.07) is 15.2. The molecule has 1 aliphatic heterocycles. The van der Waals surface area contributed by atoms with E-state index in [1.807, 2.05) is 24.3 Å². The van der Waals surface area contributed by atoms with Gasteiger partial charge < -0.3 is 9.47 Å². The molecule has 4 rings (SSSR count). The number of aryl methyl sites for hydroxylation is 1. The summed E-state index contributed by atoms with van der Waals surface area (Å²) in [6.45, 7) is 2.21. The average molecular weight is 482 g/mol. The van der Waals surface area contributed by atoms with Crippen LogP contribution in [0.2, 0.25) is 0 Å². The zero-order valence-corrected chi connectivity index (χ0v) is 20.1. The van der Waals surface area contributed by atoms with Crippen LogP contribution >= 0.6 is 0 Å². The molecular formula is C26H27NO6S. The van der Waals surface area contributed by atoms with Gasteiger partial charge in [0.25, 0.3) is 0 Å². The summed E-state index contributed by atoms with van der Waals surface area (Å²) in [5, 5.41) is 1.79. The lowest BCUT2D eigenvalue weighted by Crippen LogP contribution is -2.36. The number of esters is 1. The first-order valence-electron chi connectivity index (χ1n) is 11.2. The molecular weight excluding hydrogens is 454 g/mol. The van der Waals surface area contributed by atoms with Gasteiger partial charge in [-0.15, -0.1) is 0 Å². The van der Waals surface area contributed by atoms with Crippen molar-refractivity contribution >= 4 is 32.5 Å². The number of piperidine rings is 1. The van der Waals surface area contributed by atoms with Crippen LogP contribution in [0, 0.1) is 6.92 Å². The highest BCUT2D eigenvalue weighted by atomic mass is 32.2. The molecule has 3 aromatic carbocycles. The Morgan fingerprint density at radius 1 is 0.882 bits per heavy atom. The van der Waals surface area contributed by atoms with Crippen LogP contribution in [-0.4, -0.2) is 51.3 Å². The highest BCUT2D eigenvalue weighted by Crippen LogP contribution is 2.25. The van der Waals surface area contributed by atoms with Gasteiger partial charge in [-0.1, -0.05) is 30.7 Å². The normalized spacial score (nSPS) is 14.6. The van der Waals surface area contributed by atoms with E-state index in [4.69, 9.17) is 9.47 Å². The van der Waals surface area contributed by atoms with E-state index >= 15 is 0 Å². The molecule has 0 radical (unpaired) electrons. The van der Waals surface area contributed by atoms with E-state index in [2.05, 4.69) is 0 Å². The lowest BCUT2D eigenvalue weighted by atomic mass is 10.0. The highest BCUT2D eigenvalue weighted by molar-refractivity contribution is 7.89. The topological polar surface area (TPSA) is 90.0 Å². The van der Waals surface area contributed by atoms with Crippen LogP contribution in [-0.2, 0) is 14.8 Å². The van der Waals surface area contributed by atoms with Crippen LogP contribution in [0.25, 0.3) is 10.8 Å². The Hall–Kier alpha value is -3.23. The van der Waals surface area contributed by atoms with E-state index in [0.717, 1.165) is 35.8 Å². The van der Waals surface area contributed by atoms with E-state index in [1.54, 1.807) is 32.2 Å². The second-order valence-electron chi connectivity index (χ2n) is 8.37. The Kier molecular flexibility index (Phi) is 7.00. The molecule has 1 aliphatic rings. The number of nitrogens with zero attached hydrogens (tertiary/aromatic N) is 1. The molecule has 0 amide bonds. The molecule has 0 saturated carbocycles. The molecule has 1 saturated heterocycles. The maximum atomic E-state index is 13.1. The number of rotatable bonds is 7. The van der Waals surface area contributed by atoms with Gasteiger partial charge in [-0.2, -0.15) is 4.31 Å².